The van der Waals surface area contributed by atoms with Crippen LogP contribution >= 0.6 is 7.75 Å². The Hall–Kier alpha value is -2.25. The van der Waals surface area contributed by atoms with Crippen LogP contribution in [0.2, 0.25) is 0 Å². The fourth-order valence-corrected chi connectivity index (χ4v) is 5.33. The van der Waals surface area contributed by atoms with E-state index in [1.165, 1.54) is 26.2 Å². The number of ether oxygens (including phenoxy) is 3. The molecule has 2 rings (SSSR count). The van der Waals surface area contributed by atoms with Gasteiger partial charge in [0.05, 0.1) is 20.3 Å². The molecule has 0 saturated carbocycles. The first kappa shape index (κ1) is 30.0. The summed E-state index contributed by atoms with van der Waals surface area (Å²) in [4.78, 5) is 24.1. The molecule has 14 heteroatoms. The number of methoxy groups -OCH3 is 1. The van der Waals surface area contributed by atoms with Gasteiger partial charge in [0.1, 0.15) is 41.9 Å². The zero-order chi connectivity index (χ0) is 26.9. The number of esters is 1. The van der Waals surface area contributed by atoms with Gasteiger partial charge in [0.15, 0.2) is 6.29 Å². The van der Waals surface area contributed by atoms with Crippen LogP contribution in [-0.4, -0.2) is 84.2 Å². The molecule has 0 aliphatic carbocycles. The fourth-order valence-electron chi connectivity index (χ4n) is 3.57. The summed E-state index contributed by atoms with van der Waals surface area (Å²) in [6.45, 7) is 3.96. The number of nitrogens with one attached hydrogen (secondary N) is 2. The average Bonchev–Trinajstić information content (AvgIpc) is 2.83. The first-order valence-corrected chi connectivity index (χ1v) is 13.1. The number of benzene rings is 1. The van der Waals surface area contributed by atoms with Crippen LogP contribution in [0, 0.1) is 0 Å². The predicted octanol–water partition coefficient (Wildman–Crippen LogP) is 0.464. The van der Waals surface area contributed by atoms with Gasteiger partial charge < -0.3 is 39.4 Å². The fraction of sp³-hybridized carbons (Fsp3) is 0.636. The first-order valence-electron chi connectivity index (χ1n) is 11.5. The van der Waals surface area contributed by atoms with Crippen LogP contribution in [0.5, 0.6) is 11.5 Å². The van der Waals surface area contributed by atoms with Crippen LogP contribution in [0.15, 0.2) is 24.3 Å². The van der Waals surface area contributed by atoms with Gasteiger partial charge in [-0.3, -0.25) is 14.1 Å². The second-order valence-corrected chi connectivity index (χ2v) is 9.67. The van der Waals surface area contributed by atoms with E-state index in [2.05, 4.69) is 10.4 Å². The molecule has 1 fully saturated rings. The van der Waals surface area contributed by atoms with Gasteiger partial charge in [-0.15, -0.1) is 0 Å². The van der Waals surface area contributed by atoms with Crippen molar-refractivity contribution in [3.63, 3.8) is 0 Å². The Morgan fingerprint density at radius 2 is 1.81 bits per heavy atom. The number of carbonyl (C=O) groups is 2. The normalized spacial score (nSPS) is 26.4. The molecule has 0 spiro atoms. The van der Waals surface area contributed by atoms with Crippen molar-refractivity contribution in [1.29, 1.82) is 0 Å². The topological polar surface area (TPSA) is 182 Å². The minimum atomic E-state index is -4.50. The molecule has 1 aliphatic rings. The zero-order valence-electron chi connectivity index (χ0n) is 20.7. The van der Waals surface area contributed by atoms with E-state index in [0.29, 0.717) is 12.2 Å². The highest BCUT2D eigenvalue weighted by Crippen LogP contribution is 2.48. The maximum Gasteiger partial charge on any atom is 0.459 e. The molecular weight excluding hydrogens is 499 g/mol. The standard InChI is InChI=1S/C22H35N2O11P/c1-5-7-16(21(28)32-6-2)24-36(30,34-15-10-8-14(31-4)9-11-15)35-20-17(12-25)33-22(29)18(19(20)27)23-13(3)26/h8-11,16-20,22,25,27,29H,5-7,12H2,1-4H3,(H,23,26)(H,24,30)/t16?,17-,18-,19-,20-,22+,36?/m1/s1. The van der Waals surface area contributed by atoms with E-state index >= 15 is 0 Å². The number of hydrogen-bond donors (Lipinski definition) is 5. The van der Waals surface area contributed by atoms with Crippen LogP contribution in [-0.2, 0) is 28.2 Å². The van der Waals surface area contributed by atoms with Gasteiger partial charge in [-0.05, 0) is 37.6 Å². The lowest BCUT2D eigenvalue weighted by atomic mass is 9.97. The zero-order valence-corrected chi connectivity index (χ0v) is 21.6. The SMILES string of the molecule is CCCC(NP(=O)(Oc1ccc(OC)cc1)O[C@H]1[C@H](O)[C@@H](NC(C)=O)[C@@H](O)O[C@@H]1CO)C(=O)OCC. The summed E-state index contributed by atoms with van der Waals surface area (Å²) in [6, 6.07) is 3.55. The molecule has 7 atom stereocenters. The molecule has 204 valence electrons. The van der Waals surface area contributed by atoms with Crippen molar-refractivity contribution in [2.24, 2.45) is 0 Å². The van der Waals surface area contributed by atoms with Crippen LogP contribution in [0.25, 0.3) is 0 Å². The maximum absolute atomic E-state index is 14.0. The molecule has 1 heterocycles. The average molecular weight is 534 g/mol. The summed E-state index contributed by atoms with van der Waals surface area (Å²) in [5.74, 6) is -0.683. The number of rotatable bonds is 13. The van der Waals surface area contributed by atoms with Gasteiger partial charge in [0, 0.05) is 6.92 Å². The molecule has 0 aromatic heterocycles. The molecule has 36 heavy (non-hydrogen) atoms. The van der Waals surface area contributed by atoms with Gasteiger partial charge in [-0.1, -0.05) is 13.3 Å². The van der Waals surface area contributed by atoms with Crippen LogP contribution in [0.3, 0.4) is 0 Å². The highest BCUT2D eigenvalue weighted by Gasteiger charge is 2.49. The Labute approximate surface area is 209 Å². The molecule has 0 bridgehead atoms. The van der Waals surface area contributed by atoms with E-state index in [1.807, 2.05) is 6.92 Å². The van der Waals surface area contributed by atoms with E-state index in [9.17, 15) is 29.5 Å². The van der Waals surface area contributed by atoms with Crippen molar-refractivity contribution in [1.82, 2.24) is 10.4 Å². The smallest absolute Gasteiger partial charge is 0.459 e. The van der Waals surface area contributed by atoms with E-state index in [0.717, 1.165) is 0 Å². The van der Waals surface area contributed by atoms with Crippen molar-refractivity contribution in [3.8, 4) is 11.5 Å². The summed E-state index contributed by atoms with van der Waals surface area (Å²) < 4.78 is 40.8. The Morgan fingerprint density at radius 1 is 1.17 bits per heavy atom. The molecule has 1 aliphatic heterocycles. The van der Waals surface area contributed by atoms with Crippen molar-refractivity contribution in [3.05, 3.63) is 24.3 Å². The van der Waals surface area contributed by atoms with Crippen molar-refractivity contribution in [2.45, 2.75) is 70.3 Å². The lowest BCUT2D eigenvalue weighted by molar-refractivity contribution is -0.249. The Balaban J connectivity index is 2.42. The predicted molar refractivity (Wildman–Crippen MR) is 126 cm³/mol. The molecule has 0 radical (unpaired) electrons. The van der Waals surface area contributed by atoms with Gasteiger partial charge >= 0.3 is 13.7 Å². The second-order valence-electron chi connectivity index (χ2n) is 8.02. The van der Waals surface area contributed by atoms with E-state index < -0.39 is 62.9 Å². The lowest BCUT2D eigenvalue weighted by Crippen LogP contribution is -2.64. The van der Waals surface area contributed by atoms with Gasteiger partial charge in [0.25, 0.3) is 0 Å². The quantitative estimate of drug-likeness (QED) is 0.174. The largest absolute Gasteiger partial charge is 0.497 e. The third kappa shape index (κ3) is 8.13. The number of aliphatic hydroxyl groups excluding tert-OH is 3. The monoisotopic (exact) mass is 534 g/mol. The number of amides is 1. The number of carbonyl (C=O) groups excluding carboxylic acids is 2. The minimum absolute atomic E-state index is 0.0796. The third-order valence-corrected chi connectivity index (χ3v) is 6.85. The molecule has 13 nitrogen and oxygen atoms in total. The molecule has 2 unspecified atom stereocenters. The van der Waals surface area contributed by atoms with Gasteiger partial charge in [-0.2, -0.15) is 5.09 Å². The van der Waals surface area contributed by atoms with Gasteiger partial charge in [-0.25, -0.2) is 4.57 Å². The summed E-state index contributed by atoms with van der Waals surface area (Å²) in [5.41, 5.74) is 0. The van der Waals surface area contributed by atoms with Crippen LogP contribution < -0.4 is 19.7 Å². The number of hydrogen-bond acceptors (Lipinski definition) is 11. The second kappa shape index (κ2) is 13.9. The highest BCUT2D eigenvalue weighted by molar-refractivity contribution is 7.52. The summed E-state index contributed by atoms with van der Waals surface area (Å²) in [6.07, 6.45) is -5.50. The van der Waals surface area contributed by atoms with Crippen molar-refractivity contribution in [2.75, 3.05) is 20.3 Å². The van der Waals surface area contributed by atoms with Gasteiger partial charge in [0.2, 0.25) is 5.91 Å². The molecule has 5 N–H and O–H groups in total. The Kier molecular flexibility index (Phi) is 11.6. The number of aliphatic hydroxyl groups is 3. The maximum atomic E-state index is 14.0. The molecule has 1 saturated heterocycles. The molecular formula is C22H35N2O11P. The molecule has 1 aromatic carbocycles. The van der Waals surface area contributed by atoms with Crippen molar-refractivity contribution >= 4 is 19.6 Å². The highest BCUT2D eigenvalue weighted by atomic mass is 31.2. The first-order chi connectivity index (χ1) is 17.1. The van der Waals surface area contributed by atoms with E-state index in [1.54, 1.807) is 19.1 Å². The molecule has 1 amide bonds. The summed E-state index contributed by atoms with van der Waals surface area (Å²) >= 11 is 0. The summed E-state index contributed by atoms with van der Waals surface area (Å²) in [7, 11) is -3.03. The van der Waals surface area contributed by atoms with Crippen LogP contribution in [0.1, 0.15) is 33.6 Å². The molecule has 1 aromatic rings. The lowest BCUT2D eigenvalue weighted by Gasteiger charge is -2.43. The minimum Gasteiger partial charge on any atom is -0.497 e. The Morgan fingerprint density at radius 3 is 2.33 bits per heavy atom. The van der Waals surface area contributed by atoms with Crippen LogP contribution in [0.4, 0.5) is 0 Å². The third-order valence-electron chi connectivity index (χ3n) is 5.25. The Bertz CT molecular complexity index is 900. The summed E-state index contributed by atoms with van der Waals surface area (Å²) in [5, 5.41) is 35.8. The van der Waals surface area contributed by atoms with E-state index in [4.69, 9.17) is 23.3 Å². The van der Waals surface area contributed by atoms with E-state index in [-0.39, 0.29) is 18.8 Å². The van der Waals surface area contributed by atoms with Crippen molar-refractivity contribution < 1.29 is 52.7 Å².